The summed E-state index contributed by atoms with van der Waals surface area (Å²) in [5, 5.41) is 0. The van der Waals surface area contributed by atoms with Crippen LogP contribution in [0.4, 0.5) is 0 Å². The van der Waals surface area contributed by atoms with E-state index in [0.717, 1.165) is 25.7 Å². The summed E-state index contributed by atoms with van der Waals surface area (Å²) >= 11 is 0. The first-order valence-corrected chi connectivity index (χ1v) is 5.67. The van der Waals surface area contributed by atoms with Crippen molar-refractivity contribution in [3.05, 3.63) is 24.3 Å². The van der Waals surface area contributed by atoms with Crippen molar-refractivity contribution in [3.8, 4) is 11.8 Å². The quantitative estimate of drug-likeness (QED) is 0.329. The molecule has 0 amide bonds. The lowest BCUT2D eigenvalue weighted by Gasteiger charge is -1.87. The molecule has 0 spiro atoms. The highest BCUT2D eigenvalue weighted by atomic mass is 13.8. The number of hydrogen-bond donors (Lipinski definition) is 0. The molecule has 0 fully saturated rings. The van der Waals surface area contributed by atoms with Crippen molar-refractivity contribution in [3.63, 3.8) is 0 Å². The summed E-state index contributed by atoms with van der Waals surface area (Å²) in [6.45, 7) is 4.25. The Bertz CT molecular complexity index is 210. The first-order valence-electron chi connectivity index (χ1n) is 5.67. The maximum absolute atomic E-state index is 3.15. The summed E-state index contributed by atoms with van der Waals surface area (Å²) < 4.78 is 0. The number of allylic oxidation sites excluding steroid dienone is 4. The molecule has 0 aliphatic heterocycles. The zero-order chi connectivity index (χ0) is 10.5. The minimum atomic E-state index is 0.984. The third-order valence-electron chi connectivity index (χ3n) is 1.82. The minimum absolute atomic E-state index is 0.984. The van der Waals surface area contributed by atoms with Gasteiger partial charge >= 0.3 is 0 Å². The molecule has 0 bridgehead atoms. The summed E-state index contributed by atoms with van der Waals surface area (Å²) in [5.74, 6) is 6.23. The van der Waals surface area contributed by atoms with Crippen LogP contribution in [0.3, 0.4) is 0 Å². The molecule has 0 atom stereocenters. The van der Waals surface area contributed by atoms with E-state index in [1.165, 1.54) is 12.8 Å². The van der Waals surface area contributed by atoms with E-state index in [9.17, 15) is 0 Å². The molecule has 0 aromatic heterocycles. The van der Waals surface area contributed by atoms with E-state index in [0.29, 0.717) is 0 Å². The molecule has 0 saturated carbocycles. The molecule has 0 unspecified atom stereocenters. The monoisotopic (exact) mass is 190 g/mol. The summed E-state index contributed by atoms with van der Waals surface area (Å²) in [6, 6.07) is 0. The van der Waals surface area contributed by atoms with E-state index in [-0.39, 0.29) is 0 Å². The molecule has 0 heterocycles. The highest BCUT2D eigenvalue weighted by Crippen LogP contribution is 1.97. The van der Waals surface area contributed by atoms with Crippen LogP contribution in [0.15, 0.2) is 24.3 Å². The topological polar surface area (TPSA) is 0 Å². The molecule has 0 aliphatic carbocycles. The second-order valence-electron chi connectivity index (χ2n) is 3.19. The van der Waals surface area contributed by atoms with Crippen LogP contribution < -0.4 is 0 Å². The third kappa shape index (κ3) is 11.0. The fourth-order valence-electron chi connectivity index (χ4n) is 1.08. The maximum Gasteiger partial charge on any atom is 0.00916 e. The SMILES string of the molecule is CCC#CCCC/C=C\C/C=C\CC. The smallest absolute Gasteiger partial charge is 0.00916 e. The van der Waals surface area contributed by atoms with Gasteiger partial charge in [0.1, 0.15) is 0 Å². The summed E-state index contributed by atoms with van der Waals surface area (Å²) in [7, 11) is 0. The Labute approximate surface area is 89.1 Å². The van der Waals surface area contributed by atoms with Gasteiger partial charge in [-0.1, -0.05) is 38.2 Å². The average molecular weight is 190 g/mol. The molecular formula is C14H22. The molecule has 0 heteroatoms. The number of hydrogen-bond acceptors (Lipinski definition) is 0. The van der Waals surface area contributed by atoms with Crippen molar-refractivity contribution < 1.29 is 0 Å². The lowest BCUT2D eigenvalue weighted by atomic mass is 10.2. The van der Waals surface area contributed by atoms with Gasteiger partial charge in [-0.25, -0.2) is 0 Å². The van der Waals surface area contributed by atoms with Crippen LogP contribution in [-0.4, -0.2) is 0 Å². The highest BCUT2D eigenvalue weighted by molar-refractivity contribution is 4.98. The molecule has 0 rings (SSSR count). The summed E-state index contributed by atoms with van der Waals surface area (Å²) in [6.07, 6.45) is 15.5. The standard InChI is InChI=1S/C14H22/c1-3-5-7-9-11-13-14-12-10-8-6-4-2/h5,7,11,13H,3-4,9-10,12,14H2,1-2H3/b7-5-,13-11-. The third-order valence-corrected chi connectivity index (χ3v) is 1.82. The molecule has 0 aromatic rings. The Morgan fingerprint density at radius 1 is 0.929 bits per heavy atom. The molecule has 14 heavy (non-hydrogen) atoms. The Morgan fingerprint density at radius 2 is 1.71 bits per heavy atom. The lowest BCUT2D eigenvalue weighted by Crippen LogP contribution is -1.69. The van der Waals surface area contributed by atoms with Gasteiger partial charge in [-0.05, 0) is 25.7 Å². The van der Waals surface area contributed by atoms with Crippen LogP contribution >= 0.6 is 0 Å². The maximum atomic E-state index is 3.15. The Hall–Kier alpha value is -0.960. The predicted molar refractivity (Wildman–Crippen MR) is 65.1 cm³/mol. The molecule has 0 N–H and O–H groups in total. The van der Waals surface area contributed by atoms with Gasteiger partial charge in [0.2, 0.25) is 0 Å². The van der Waals surface area contributed by atoms with Crippen molar-refractivity contribution in [1.82, 2.24) is 0 Å². The molecule has 0 saturated heterocycles. The van der Waals surface area contributed by atoms with Gasteiger partial charge in [-0.2, -0.15) is 0 Å². The molecule has 0 aromatic carbocycles. The molecule has 0 aliphatic rings. The van der Waals surface area contributed by atoms with Crippen molar-refractivity contribution in [1.29, 1.82) is 0 Å². The Morgan fingerprint density at radius 3 is 2.43 bits per heavy atom. The van der Waals surface area contributed by atoms with Gasteiger partial charge in [0, 0.05) is 12.8 Å². The highest BCUT2D eigenvalue weighted by Gasteiger charge is 1.79. The van der Waals surface area contributed by atoms with Crippen LogP contribution in [-0.2, 0) is 0 Å². The van der Waals surface area contributed by atoms with Crippen molar-refractivity contribution >= 4 is 0 Å². The minimum Gasteiger partial charge on any atom is -0.104 e. The van der Waals surface area contributed by atoms with Crippen LogP contribution in [0.5, 0.6) is 0 Å². The van der Waals surface area contributed by atoms with E-state index in [4.69, 9.17) is 0 Å². The lowest BCUT2D eigenvalue weighted by molar-refractivity contribution is 0.881. The largest absolute Gasteiger partial charge is 0.104 e. The summed E-state index contributed by atoms with van der Waals surface area (Å²) in [5.41, 5.74) is 0. The van der Waals surface area contributed by atoms with Gasteiger partial charge < -0.3 is 0 Å². The fraction of sp³-hybridized carbons (Fsp3) is 0.571. The van der Waals surface area contributed by atoms with Crippen molar-refractivity contribution in [2.75, 3.05) is 0 Å². The average Bonchev–Trinajstić information content (AvgIpc) is 2.21. The predicted octanol–water partition coefficient (Wildman–Crippen LogP) is 4.48. The van der Waals surface area contributed by atoms with Gasteiger partial charge in [0.05, 0.1) is 0 Å². The van der Waals surface area contributed by atoms with Crippen LogP contribution in [0.2, 0.25) is 0 Å². The van der Waals surface area contributed by atoms with E-state index < -0.39 is 0 Å². The molecular weight excluding hydrogens is 168 g/mol. The van der Waals surface area contributed by atoms with Gasteiger partial charge in [0.15, 0.2) is 0 Å². The van der Waals surface area contributed by atoms with Crippen LogP contribution in [0, 0.1) is 11.8 Å². The first-order chi connectivity index (χ1) is 6.91. The fourth-order valence-corrected chi connectivity index (χ4v) is 1.08. The second kappa shape index (κ2) is 12.0. The normalized spacial score (nSPS) is 10.7. The first kappa shape index (κ1) is 13.0. The number of unbranched alkanes of at least 4 members (excludes halogenated alkanes) is 2. The van der Waals surface area contributed by atoms with Gasteiger partial charge in [-0.3, -0.25) is 0 Å². The van der Waals surface area contributed by atoms with Crippen molar-refractivity contribution in [2.24, 2.45) is 0 Å². The van der Waals surface area contributed by atoms with Crippen molar-refractivity contribution in [2.45, 2.75) is 52.4 Å². The van der Waals surface area contributed by atoms with Gasteiger partial charge in [-0.15, -0.1) is 11.8 Å². The number of rotatable bonds is 6. The van der Waals surface area contributed by atoms with Crippen LogP contribution in [0.25, 0.3) is 0 Å². The zero-order valence-corrected chi connectivity index (χ0v) is 9.55. The Balaban J connectivity index is 3.23. The van der Waals surface area contributed by atoms with E-state index >= 15 is 0 Å². The van der Waals surface area contributed by atoms with Gasteiger partial charge in [0.25, 0.3) is 0 Å². The summed E-state index contributed by atoms with van der Waals surface area (Å²) in [4.78, 5) is 0. The zero-order valence-electron chi connectivity index (χ0n) is 9.55. The van der Waals surface area contributed by atoms with E-state index in [2.05, 4.69) is 50.0 Å². The molecule has 0 nitrogen and oxygen atoms in total. The van der Waals surface area contributed by atoms with Crippen LogP contribution in [0.1, 0.15) is 52.4 Å². The molecule has 78 valence electrons. The second-order valence-corrected chi connectivity index (χ2v) is 3.19. The van der Waals surface area contributed by atoms with E-state index in [1.54, 1.807) is 0 Å². The Kier molecular flexibility index (Phi) is 11.2. The molecule has 0 radical (unpaired) electrons. The van der Waals surface area contributed by atoms with E-state index in [1.807, 2.05) is 0 Å².